The van der Waals surface area contributed by atoms with Crippen LogP contribution in [-0.4, -0.2) is 21.5 Å². The minimum atomic E-state index is -0.0463. The third-order valence-corrected chi connectivity index (χ3v) is 4.76. The van der Waals surface area contributed by atoms with Crippen molar-refractivity contribution >= 4 is 17.5 Å². The second-order valence-electron chi connectivity index (χ2n) is 5.58. The Kier molecular flexibility index (Phi) is 4.43. The summed E-state index contributed by atoms with van der Waals surface area (Å²) in [7, 11) is 0. The standard InChI is InChI=1S/C17H18N2O2S/c1-11-6-8-12(9-7-11)15(20)10-22-17-18-14-5-3-2-4-13(14)16(21)19-17/h6-9H,2-5,10H2,1H3,(H,18,19,21). The number of ketones is 1. The van der Waals surface area contributed by atoms with E-state index in [-0.39, 0.29) is 17.1 Å². The second-order valence-corrected chi connectivity index (χ2v) is 6.55. The number of hydrogen-bond acceptors (Lipinski definition) is 4. The molecular formula is C17H18N2O2S. The van der Waals surface area contributed by atoms with Crippen LogP contribution in [-0.2, 0) is 12.8 Å². The Morgan fingerprint density at radius 3 is 2.73 bits per heavy atom. The van der Waals surface area contributed by atoms with Gasteiger partial charge in [-0.1, -0.05) is 41.6 Å². The minimum Gasteiger partial charge on any atom is -0.301 e. The number of aryl methyl sites for hydroxylation is 2. The lowest BCUT2D eigenvalue weighted by atomic mass is 9.97. The maximum atomic E-state index is 12.2. The molecule has 1 aromatic carbocycles. The van der Waals surface area contributed by atoms with Gasteiger partial charge in [-0.15, -0.1) is 0 Å². The van der Waals surface area contributed by atoms with Crippen LogP contribution < -0.4 is 5.56 Å². The van der Waals surface area contributed by atoms with E-state index in [1.807, 2.05) is 31.2 Å². The molecule has 0 saturated heterocycles. The number of H-pyrrole nitrogens is 1. The van der Waals surface area contributed by atoms with Crippen LogP contribution in [0.5, 0.6) is 0 Å². The van der Waals surface area contributed by atoms with E-state index in [0.29, 0.717) is 10.7 Å². The van der Waals surface area contributed by atoms with Crippen molar-refractivity contribution in [3.8, 4) is 0 Å². The lowest BCUT2D eigenvalue weighted by molar-refractivity contribution is 0.102. The highest BCUT2D eigenvalue weighted by atomic mass is 32.2. The maximum Gasteiger partial charge on any atom is 0.254 e. The van der Waals surface area contributed by atoms with Crippen molar-refractivity contribution in [2.24, 2.45) is 0 Å². The summed E-state index contributed by atoms with van der Waals surface area (Å²) in [6.45, 7) is 1.99. The molecule has 4 nitrogen and oxygen atoms in total. The number of nitrogens with zero attached hydrogens (tertiary/aromatic N) is 1. The first kappa shape index (κ1) is 15.0. The molecule has 1 N–H and O–H groups in total. The lowest BCUT2D eigenvalue weighted by Crippen LogP contribution is -2.21. The van der Waals surface area contributed by atoms with E-state index in [1.54, 1.807) is 0 Å². The molecule has 0 fully saturated rings. The Balaban J connectivity index is 1.71. The van der Waals surface area contributed by atoms with Crippen LogP contribution in [0.2, 0.25) is 0 Å². The topological polar surface area (TPSA) is 62.8 Å². The number of aromatic nitrogens is 2. The molecule has 0 radical (unpaired) electrons. The number of fused-ring (bicyclic) bond motifs is 1. The largest absolute Gasteiger partial charge is 0.301 e. The SMILES string of the molecule is Cc1ccc(C(=O)CSc2nc3c(c(=O)[nH]2)CCCC3)cc1. The van der Waals surface area contributed by atoms with Crippen LogP contribution >= 0.6 is 11.8 Å². The fourth-order valence-electron chi connectivity index (χ4n) is 2.61. The van der Waals surface area contributed by atoms with Gasteiger partial charge >= 0.3 is 0 Å². The summed E-state index contributed by atoms with van der Waals surface area (Å²) in [6.07, 6.45) is 3.80. The van der Waals surface area contributed by atoms with Crippen LogP contribution in [0.3, 0.4) is 0 Å². The molecule has 0 spiro atoms. The van der Waals surface area contributed by atoms with Gasteiger partial charge in [0.15, 0.2) is 10.9 Å². The van der Waals surface area contributed by atoms with E-state index in [0.717, 1.165) is 42.5 Å². The summed E-state index contributed by atoms with van der Waals surface area (Å²) >= 11 is 1.30. The van der Waals surface area contributed by atoms with Gasteiger partial charge in [0, 0.05) is 11.1 Å². The highest BCUT2D eigenvalue weighted by Crippen LogP contribution is 2.20. The van der Waals surface area contributed by atoms with Gasteiger partial charge in [0.2, 0.25) is 0 Å². The van der Waals surface area contributed by atoms with E-state index in [4.69, 9.17) is 0 Å². The molecule has 0 atom stereocenters. The van der Waals surface area contributed by atoms with Crippen molar-refractivity contribution < 1.29 is 4.79 Å². The third-order valence-electron chi connectivity index (χ3n) is 3.88. The van der Waals surface area contributed by atoms with Crippen molar-refractivity contribution in [2.45, 2.75) is 37.8 Å². The summed E-state index contributed by atoms with van der Waals surface area (Å²) in [5.41, 5.74) is 3.50. The number of thioether (sulfide) groups is 1. The van der Waals surface area contributed by atoms with Crippen LogP contribution in [0, 0.1) is 6.92 Å². The van der Waals surface area contributed by atoms with Crippen molar-refractivity contribution in [3.63, 3.8) is 0 Å². The number of aromatic amines is 1. The van der Waals surface area contributed by atoms with Crippen LogP contribution in [0.4, 0.5) is 0 Å². The van der Waals surface area contributed by atoms with Crippen molar-refractivity contribution in [1.82, 2.24) is 9.97 Å². The molecule has 0 unspecified atom stereocenters. The Hall–Kier alpha value is -1.88. The zero-order valence-electron chi connectivity index (χ0n) is 12.5. The van der Waals surface area contributed by atoms with Crippen molar-refractivity contribution in [1.29, 1.82) is 0 Å². The number of carbonyl (C=O) groups is 1. The third kappa shape index (κ3) is 3.30. The van der Waals surface area contributed by atoms with Gasteiger partial charge in [0.25, 0.3) is 5.56 Å². The Morgan fingerprint density at radius 1 is 1.23 bits per heavy atom. The molecule has 114 valence electrons. The first-order chi connectivity index (χ1) is 10.6. The minimum absolute atomic E-state index is 0.0463. The molecule has 1 aromatic heterocycles. The van der Waals surface area contributed by atoms with E-state index < -0.39 is 0 Å². The number of Topliss-reactive ketones (excluding diaryl/α,β-unsaturated/α-hetero) is 1. The zero-order chi connectivity index (χ0) is 15.5. The van der Waals surface area contributed by atoms with Gasteiger partial charge in [-0.2, -0.15) is 0 Å². The van der Waals surface area contributed by atoms with Crippen LogP contribution in [0.15, 0.2) is 34.2 Å². The van der Waals surface area contributed by atoms with Crippen LogP contribution in [0.25, 0.3) is 0 Å². The average Bonchev–Trinajstić information content (AvgIpc) is 2.53. The fourth-order valence-corrected chi connectivity index (χ4v) is 3.38. The smallest absolute Gasteiger partial charge is 0.254 e. The summed E-state index contributed by atoms with van der Waals surface area (Å²) in [5.74, 6) is 0.329. The van der Waals surface area contributed by atoms with E-state index >= 15 is 0 Å². The normalized spacial score (nSPS) is 13.7. The molecule has 2 aromatic rings. The monoisotopic (exact) mass is 314 g/mol. The molecule has 5 heteroatoms. The predicted molar refractivity (Wildman–Crippen MR) is 87.7 cm³/mol. The zero-order valence-corrected chi connectivity index (χ0v) is 13.3. The molecule has 1 aliphatic rings. The first-order valence-corrected chi connectivity index (χ1v) is 8.47. The fraction of sp³-hybridized carbons (Fsp3) is 0.353. The summed E-state index contributed by atoms with van der Waals surface area (Å²) in [6, 6.07) is 7.52. The Bertz CT molecular complexity index is 750. The van der Waals surface area contributed by atoms with E-state index in [2.05, 4.69) is 9.97 Å². The molecule has 22 heavy (non-hydrogen) atoms. The average molecular weight is 314 g/mol. The number of benzene rings is 1. The molecule has 1 heterocycles. The Morgan fingerprint density at radius 2 is 1.95 bits per heavy atom. The first-order valence-electron chi connectivity index (χ1n) is 7.48. The van der Waals surface area contributed by atoms with E-state index in [9.17, 15) is 9.59 Å². The molecule has 1 aliphatic carbocycles. The van der Waals surface area contributed by atoms with Gasteiger partial charge < -0.3 is 4.98 Å². The van der Waals surface area contributed by atoms with Crippen molar-refractivity contribution in [3.05, 3.63) is 57.0 Å². The highest BCUT2D eigenvalue weighted by Gasteiger charge is 2.16. The molecule has 0 amide bonds. The molecular weight excluding hydrogens is 296 g/mol. The summed E-state index contributed by atoms with van der Waals surface area (Å²) < 4.78 is 0. The molecule has 3 rings (SSSR count). The quantitative estimate of drug-likeness (QED) is 0.535. The predicted octanol–water partition coefficient (Wildman–Crippen LogP) is 2.93. The van der Waals surface area contributed by atoms with E-state index in [1.165, 1.54) is 11.8 Å². The Labute approximate surface area is 133 Å². The summed E-state index contributed by atoms with van der Waals surface area (Å²) in [4.78, 5) is 31.5. The summed E-state index contributed by atoms with van der Waals surface area (Å²) in [5, 5.41) is 0.547. The molecule has 0 aliphatic heterocycles. The van der Waals surface area contributed by atoms with Crippen LogP contribution in [0.1, 0.15) is 40.0 Å². The van der Waals surface area contributed by atoms with Crippen molar-refractivity contribution in [2.75, 3.05) is 5.75 Å². The van der Waals surface area contributed by atoms with Gasteiger partial charge in [0.1, 0.15) is 0 Å². The maximum absolute atomic E-state index is 12.2. The molecule has 0 saturated carbocycles. The number of rotatable bonds is 4. The number of nitrogens with one attached hydrogen (secondary N) is 1. The molecule has 0 bridgehead atoms. The van der Waals surface area contributed by atoms with Gasteiger partial charge in [0.05, 0.1) is 11.4 Å². The lowest BCUT2D eigenvalue weighted by Gasteiger charge is -2.14. The number of hydrogen-bond donors (Lipinski definition) is 1. The number of carbonyl (C=O) groups excluding carboxylic acids is 1. The second kappa shape index (κ2) is 6.48. The van der Waals surface area contributed by atoms with Gasteiger partial charge in [-0.05, 0) is 32.6 Å². The van der Waals surface area contributed by atoms with Gasteiger partial charge in [-0.25, -0.2) is 4.98 Å². The highest BCUT2D eigenvalue weighted by molar-refractivity contribution is 7.99. The van der Waals surface area contributed by atoms with Gasteiger partial charge in [-0.3, -0.25) is 9.59 Å².